The summed E-state index contributed by atoms with van der Waals surface area (Å²) in [7, 11) is 0. The Morgan fingerprint density at radius 1 is 1.16 bits per heavy atom. The van der Waals surface area contributed by atoms with Gasteiger partial charge in [0.15, 0.2) is 0 Å². The Labute approximate surface area is 117 Å². The second-order valence-corrected chi connectivity index (χ2v) is 6.64. The summed E-state index contributed by atoms with van der Waals surface area (Å²) in [4.78, 5) is 17.1. The molecular weight excluding hydrogens is 238 g/mol. The van der Waals surface area contributed by atoms with Gasteiger partial charge in [0.05, 0.1) is 5.92 Å². The van der Waals surface area contributed by atoms with E-state index in [1.807, 2.05) is 4.90 Å². The van der Waals surface area contributed by atoms with Crippen LogP contribution < -0.4 is 5.73 Å². The van der Waals surface area contributed by atoms with E-state index in [0.29, 0.717) is 17.9 Å². The number of amides is 1. The lowest BCUT2D eigenvalue weighted by Crippen LogP contribution is -2.54. The fourth-order valence-electron chi connectivity index (χ4n) is 3.38. The van der Waals surface area contributed by atoms with Gasteiger partial charge in [-0.1, -0.05) is 6.92 Å². The fourth-order valence-corrected chi connectivity index (χ4v) is 3.38. The summed E-state index contributed by atoms with van der Waals surface area (Å²) in [6, 6.07) is 0.654. The molecule has 1 aliphatic heterocycles. The van der Waals surface area contributed by atoms with Crippen LogP contribution in [-0.4, -0.2) is 54.0 Å². The average Bonchev–Trinajstić information content (AvgIpc) is 2.41. The Morgan fingerprint density at radius 3 is 2.37 bits per heavy atom. The molecule has 2 N–H and O–H groups in total. The van der Waals surface area contributed by atoms with Crippen LogP contribution in [0, 0.1) is 11.8 Å². The van der Waals surface area contributed by atoms with E-state index in [2.05, 4.69) is 25.7 Å². The summed E-state index contributed by atoms with van der Waals surface area (Å²) < 4.78 is 0. The van der Waals surface area contributed by atoms with Crippen molar-refractivity contribution in [3.8, 4) is 0 Å². The van der Waals surface area contributed by atoms with Crippen LogP contribution >= 0.6 is 0 Å². The van der Waals surface area contributed by atoms with Crippen molar-refractivity contribution in [1.82, 2.24) is 9.80 Å². The van der Waals surface area contributed by atoms with Gasteiger partial charge in [0.2, 0.25) is 5.91 Å². The van der Waals surface area contributed by atoms with Crippen molar-refractivity contribution in [2.75, 3.05) is 26.2 Å². The molecule has 1 heterocycles. The third-order valence-corrected chi connectivity index (χ3v) is 4.84. The molecule has 2 rings (SSSR count). The van der Waals surface area contributed by atoms with Crippen molar-refractivity contribution in [2.24, 2.45) is 17.6 Å². The van der Waals surface area contributed by atoms with Crippen molar-refractivity contribution in [2.45, 2.75) is 52.1 Å². The third-order valence-electron chi connectivity index (χ3n) is 4.84. The minimum atomic E-state index is 0.0642. The average molecular weight is 267 g/mol. The maximum Gasteiger partial charge on any atom is 0.227 e. The summed E-state index contributed by atoms with van der Waals surface area (Å²) in [5, 5.41) is 0. The molecule has 3 atom stereocenters. The molecular formula is C15H29N3O. The predicted molar refractivity (Wildman–Crippen MR) is 77.8 cm³/mol. The Hall–Kier alpha value is -0.610. The standard InChI is InChI=1S/C15H29N3O/c1-11(2)17-6-8-18(9-7-17)15(19)13-10-12(3)4-5-14(13)16/h11-14H,4-10,16H2,1-3H3. The quantitative estimate of drug-likeness (QED) is 0.820. The van der Waals surface area contributed by atoms with E-state index in [9.17, 15) is 4.79 Å². The van der Waals surface area contributed by atoms with E-state index in [0.717, 1.165) is 39.0 Å². The van der Waals surface area contributed by atoms with Gasteiger partial charge in [-0.3, -0.25) is 9.69 Å². The Balaban J connectivity index is 1.90. The lowest BCUT2D eigenvalue weighted by Gasteiger charge is -2.40. The van der Waals surface area contributed by atoms with E-state index in [4.69, 9.17) is 5.73 Å². The molecule has 110 valence electrons. The van der Waals surface area contributed by atoms with E-state index in [1.165, 1.54) is 6.42 Å². The number of rotatable bonds is 2. The fraction of sp³-hybridized carbons (Fsp3) is 0.933. The first-order valence-corrected chi connectivity index (χ1v) is 7.77. The van der Waals surface area contributed by atoms with Crippen LogP contribution in [0.25, 0.3) is 0 Å². The molecule has 1 saturated heterocycles. The molecule has 2 fully saturated rings. The second kappa shape index (κ2) is 6.23. The van der Waals surface area contributed by atoms with Crippen LogP contribution in [0.5, 0.6) is 0 Å². The molecule has 4 nitrogen and oxygen atoms in total. The number of carbonyl (C=O) groups excluding carboxylic acids is 1. The molecule has 0 aromatic heterocycles. The van der Waals surface area contributed by atoms with E-state index < -0.39 is 0 Å². The van der Waals surface area contributed by atoms with Crippen molar-refractivity contribution in [1.29, 1.82) is 0 Å². The van der Waals surface area contributed by atoms with Gasteiger partial charge in [0, 0.05) is 38.3 Å². The summed E-state index contributed by atoms with van der Waals surface area (Å²) in [6.07, 6.45) is 3.15. The molecule has 1 saturated carbocycles. The molecule has 0 spiro atoms. The molecule has 1 aliphatic carbocycles. The molecule has 2 aliphatic rings. The summed E-state index contributed by atoms with van der Waals surface area (Å²) >= 11 is 0. The molecule has 0 radical (unpaired) electrons. The first-order chi connectivity index (χ1) is 8.99. The Kier molecular flexibility index (Phi) is 4.85. The van der Waals surface area contributed by atoms with Gasteiger partial charge >= 0.3 is 0 Å². The molecule has 0 aromatic carbocycles. The summed E-state index contributed by atoms with van der Waals surface area (Å²) in [6.45, 7) is 10.4. The van der Waals surface area contributed by atoms with Gasteiger partial charge in [-0.05, 0) is 39.0 Å². The summed E-state index contributed by atoms with van der Waals surface area (Å²) in [5.41, 5.74) is 6.17. The Morgan fingerprint density at radius 2 is 1.79 bits per heavy atom. The van der Waals surface area contributed by atoms with Crippen LogP contribution in [0.4, 0.5) is 0 Å². The highest BCUT2D eigenvalue weighted by Crippen LogP contribution is 2.29. The van der Waals surface area contributed by atoms with Crippen molar-refractivity contribution < 1.29 is 4.79 Å². The van der Waals surface area contributed by atoms with Gasteiger partial charge in [0.1, 0.15) is 0 Å². The van der Waals surface area contributed by atoms with Crippen molar-refractivity contribution >= 4 is 5.91 Å². The van der Waals surface area contributed by atoms with Crippen molar-refractivity contribution in [3.63, 3.8) is 0 Å². The van der Waals surface area contributed by atoms with Gasteiger partial charge in [0.25, 0.3) is 0 Å². The highest BCUT2D eigenvalue weighted by Gasteiger charge is 2.35. The minimum absolute atomic E-state index is 0.0642. The molecule has 0 aromatic rings. The zero-order valence-electron chi connectivity index (χ0n) is 12.6. The molecule has 1 amide bonds. The number of carbonyl (C=O) groups is 1. The number of piperazine rings is 1. The van der Waals surface area contributed by atoms with E-state index in [-0.39, 0.29) is 12.0 Å². The number of hydrogen-bond donors (Lipinski definition) is 1. The van der Waals surface area contributed by atoms with Crippen LogP contribution in [0.3, 0.4) is 0 Å². The van der Waals surface area contributed by atoms with Crippen LogP contribution in [0.1, 0.15) is 40.0 Å². The van der Waals surface area contributed by atoms with Gasteiger partial charge in [-0.2, -0.15) is 0 Å². The first kappa shape index (κ1) is 14.8. The first-order valence-electron chi connectivity index (χ1n) is 7.77. The normalized spacial score (nSPS) is 33.7. The summed E-state index contributed by atoms with van der Waals surface area (Å²) in [5.74, 6) is 1.02. The van der Waals surface area contributed by atoms with Crippen LogP contribution in [0.2, 0.25) is 0 Å². The van der Waals surface area contributed by atoms with Crippen molar-refractivity contribution in [3.05, 3.63) is 0 Å². The molecule has 4 heteroatoms. The zero-order valence-corrected chi connectivity index (χ0v) is 12.6. The van der Waals surface area contributed by atoms with Gasteiger partial charge < -0.3 is 10.6 Å². The lowest BCUT2D eigenvalue weighted by atomic mass is 9.78. The largest absolute Gasteiger partial charge is 0.340 e. The maximum atomic E-state index is 12.6. The topological polar surface area (TPSA) is 49.6 Å². The SMILES string of the molecule is CC1CCC(N)C(C(=O)N2CCN(C(C)C)CC2)C1. The highest BCUT2D eigenvalue weighted by atomic mass is 16.2. The second-order valence-electron chi connectivity index (χ2n) is 6.64. The maximum absolute atomic E-state index is 12.6. The third kappa shape index (κ3) is 3.48. The lowest BCUT2D eigenvalue weighted by molar-refractivity contribution is -0.139. The number of nitrogens with two attached hydrogens (primary N) is 1. The predicted octanol–water partition coefficient (Wildman–Crippen LogP) is 1.30. The smallest absolute Gasteiger partial charge is 0.227 e. The zero-order chi connectivity index (χ0) is 14.0. The van der Waals surface area contributed by atoms with E-state index >= 15 is 0 Å². The monoisotopic (exact) mass is 267 g/mol. The minimum Gasteiger partial charge on any atom is -0.340 e. The van der Waals surface area contributed by atoms with Crippen LogP contribution in [-0.2, 0) is 4.79 Å². The van der Waals surface area contributed by atoms with Gasteiger partial charge in [-0.25, -0.2) is 0 Å². The van der Waals surface area contributed by atoms with Crippen LogP contribution in [0.15, 0.2) is 0 Å². The van der Waals surface area contributed by atoms with Gasteiger partial charge in [-0.15, -0.1) is 0 Å². The van der Waals surface area contributed by atoms with E-state index in [1.54, 1.807) is 0 Å². The Bertz CT molecular complexity index is 311. The number of nitrogens with zero attached hydrogens (tertiary/aromatic N) is 2. The highest BCUT2D eigenvalue weighted by molar-refractivity contribution is 5.79. The number of hydrogen-bond acceptors (Lipinski definition) is 3. The molecule has 0 bridgehead atoms. The molecule has 19 heavy (non-hydrogen) atoms. The molecule has 3 unspecified atom stereocenters.